The standard InChI is InChI=1S/C12H12ClNO2/c1-7-8(6-15)11-9(14(7)2)4-5-10(16-3)12(11)13/h4-6H,1-3H3. The lowest BCUT2D eigenvalue weighted by atomic mass is 10.1. The number of carbonyl (C=O) groups excluding carboxylic acids is 1. The average Bonchev–Trinajstić information content (AvgIpc) is 2.54. The summed E-state index contributed by atoms with van der Waals surface area (Å²) in [4.78, 5) is 11.1. The summed E-state index contributed by atoms with van der Waals surface area (Å²) >= 11 is 6.21. The van der Waals surface area contributed by atoms with Crippen LogP contribution in [0, 0.1) is 6.92 Å². The predicted molar refractivity (Wildman–Crippen MR) is 64.6 cm³/mol. The topological polar surface area (TPSA) is 31.2 Å². The maximum absolute atomic E-state index is 11.1. The highest BCUT2D eigenvalue weighted by atomic mass is 35.5. The molecule has 0 aliphatic carbocycles. The van der Waals surface area contributed by atoms with Gasteiger partial charge in [-0.1, -0.05) is 11.6 Å². The van der Waals surface area contributed by atoms with Gasteiger partial charge in [-0.3, -0.25) is 4.79 Å². The maximum atomic E-state index is 11.1. The smallest absolute Gasteiger partial charge is 0.152 e. The van der Waals surface area contributed by atoms with Gasteiger partial charge in [0.15, 0.2) is 6.29 Å². The zero-order valence-electron chi connectivity index (χ0n) is 9.37. The normalized spacial score (nSPS) is 10.8. The number of hydrogen-bond acceptors (Lipinski definition) is 2. The molecule has 0 atom stereocenters. The number of hydrogen-bond donors (Lipinski definition) is 0. The first kappa shape index (κ1) is 11.0. The molecule has 0 unspecified atom stereocenters. The van der Waals surface area contributed by atoms with E-state index in [1.165, 1.54) is 0 Å². The van der Waals surface area contributed by atoms with Crippen LogP contribution in [0.2, 0.25) is 5.02 Å². The molecule has 2 rings (SSSR count). The molecule has 1 heterocycles. The van der Waals surface area contributed by atoms with E-state index in [0.29, 0.717) is 16.3 Å². The van der Waals surface area contributed by atoms with E-state index in [9.17, 15) is 4.79 Å². The molecule has 16 heavy (non-hydrogen) atoms. The van der Waals surface area contributed by atoms with Crippen LogP contribution < -0.4 is 4.74 Å². The molecular weight excluding hydrogens is 226 g/mol. The Labute approximate surface area is 98.6 Å². The number of aromatic nitrogens is 1. The van der Waals surface area contributed by atoms with Crippen LogP contribution in [0.1, 0.15) is 16.1 Å². The van der Waals surface area contributed by atoms with E-state index < -0.39 is 0 Å². The van der Waals surface area contributed by atoms with Crippen LogP contribution in [-0.4, -0.2) is 18.0 Å². The molecule has 4 heteroatoms. The van der Waals surface area contributed by atoms with Crippen molar-refractivity contribution in [1.29, 1.82) is 0 Å². The Kier molecular flexibility index (Phi) is 2.64. The van der Waals surface area contributed by atoms with E-state index in [0.717, 1.165) is 22.9 Å². The van der Waals surface area contributed by atoms with Gasteiger partial charge in [0.1, 0.15) is 5.75 Å². The minimum atomic E-state index is 0.491. The van der Waals surface area contributed by atoms with Gasteiger partial charge in [0, 0.05) is 23.7 Å². The highest BCUT2D eigenvalue weighted by molar-refractivity contribution is 6.38. The Balaban J connectivity index is 2.97. The Morgan fingerprint density at radius 2 is 2.12 bits per heavy atom. The number of aryl methyl sites for hydroxylation is 1. The van der Waals surface area contributed by atoms with E-state index in [-0.39, 0.29) is 0 Å². The average molecular weight is 238 g/mol. The SMILES string of the molecule is COc1ccc2c(c1Cl)c(C=O)c(C)n2C. The molecule has 0 spiro atoms. The fourth-order valence-electron chi connectivity index (χ4n) is 1.93. The number of nitrogens with zero attached hydrogens (tertiary/aromatic N) is 1. The lowest BCUT2D eigenvalue weighted by Crippen LogP contribution is -1.91. The van der Waals surface area contributed by atoms with Crippen LogP contribution in [-0.2, 0) is 7.05 Å². The van der Waals surface area contributed by atoms with Gasteiger partial charge in [0.2, 0.25) is 0 Å². The Bertz CT molecular complexity index is 572. The van der Waals surface area contributed by atoms with Crippen LogP contribution in [0.5, 0.6) is 5.75 Å². The molecule has 0 aliphatic heterocycles. The molecule has 0 bridgehead atoms. The lowest BCUT2D eigenvalue weighted by molar-refractivity contribution is 0.112. The van der Waals surface area contributed by atoms with E-state index in [1.807, 2.05) is 24.6 Å². The number of benzene rings is 1. The molecule has 0 aliphatic rings. The molecule has 84 valence electrons. The van der Waals surface area contributed by atoms with Gasteiger partial charge in [-0.25, -0.2) is 0 Å². The summed E-state index contributed by atoms with van der Waals surface area (Å²) in [5, 5.41) is 1.25. The molecule has 1 aromatic carbocycles. The van der Waals surface area contributed by atoms with Crippen molar-refractivity contribution in [1.82, 2.24) is 4.57 Å². The molecule has 0 radical (unpaired) electrons. The van der Waals surface area contributed by atoms with E-state index in [2.05, 4.69) is 0 Å². The van der Waals surface area contributed by atoms with Gasteiger partial charge in [-0.05, 0) is 19.1 Å². The number of methoxy groups -OCH3 is 1. The quantitative estimate of drug-likeness (QED) is 0.752. The number of halogens is 1. The van der Waals surface area contributed by atoms with Crippen molar-refractivity contribution in [2.75, 3.05) is 7.11 Å². The van der Waals surface area contributed by atoms with Crippen molar-refractivity contribution in [3.8, 4) is 5.75 Å². The minimum absolute atomic E-state index is 0.491. The summed E-state index contributed by atoms with van der Waals surface area (Å²) in [6, 6.07) is 3.71. The summed E-state index contributed by atoms with van der Waals surface area (Å²) in [5.74, 6) is 0.586. The van der Waals surface area contributed by atoms with Crippen LogP contribution in [0.3, 0.4) is 0 Å². The molecule has 2 aromatic rings. The van der Waals surface area contributed by atoms with Crippen LogP contribution in [0.4, 0.5) is 0 Å². The zero-order chi connectivity index (χ0) is 11.9. The first-order valence-electron chi connectivity index (χ1n) is 4.88. The Morgan fingerprint density at radius 1 is 1.44 bits per heavy atom. The molecule has 0 N–H and O–H groups in total. The largest absolute Gasteiger partial charge is 0.495 e. The van der Waals surface area contributed by atoms with E-state index in [4.69, 9.17) is 16.3 Å². The first-order valence-corrected chi connectivity index (χ1v) is 5.26. The Hall–Kier alpha value is -1.48. The lowest BCUT2D eigenvalue weighted by Gasteiger charge is -2.04. The second kappa shape index (κ2) is 3.83. The summed E-state index contributed by atoms with van der Waals surface area (Å²) in [7, 11) is 3.47. The maximum Gasteiger partial charge on any atom is 0.152 e. The van der Waals surface area contributed by atoms with E-state index >= 15 is 0 Å². The summed E-state index contributed by atoms with van der Waals surface area (Å²) in [6.45, 7) is 1.90. The van der Waals surface area contributed by atoms with Crippen LogP contribution >= 0.6 is 11.6 Å². The third-order valence-electron chi connectivity index (χ3n) is 2.95. The third kappa shape index (κ3) is 1.32. The van der Waals surface area contributed by atoms with Gasteiger partial charge in [-0.15, -0.1) is 0 Å². The second-order valence-electron chi connectivity index (χ2n) is 3.65. The van der Waals surface area contributed by atoms with Gasteiger partial charge >= 0.3 is 0 Å². The monoisotopic (exact) mass is 237 g/mol. The zero-order valence-corrected chi connectivity index (χ0v) is 10.1. The molecule has 0 saturated heterocycles. The van der Waals surface area contributed by atoms with Crippen molar-refractivity contribution in [2.45, 2.75) is 6.92 Å². The summed E-state index contributed by atoms with van der Waals surface area (Å²) in [6.07, 6.45) is 0.836. The molecule has 1 aromatic heterocycles. The molecule has 0 amide bonds. The molecule has 0 fully saturated rings. The van der Waals surface area contributed by atoms with E-state index in [1.54, 1.807) is 13.2 Å². The number of aldehydes is 1. The minimum Gasteiger partial charge on any atom is -0.495 e. The van der Waals surface area contributed by atoms with Gasteiger partial charge in [0.05, 0.1) is 17.6 Å². The fourth-order valence-corrected chi connectivity index (χ4v) is 2.27. The summed E-state index contributed by atoms with van der Waals surface area (Å²) in [5.41, 5.74) is 2.46. The molecule has 3 nitrogen and oxygen atoms in total. The van der Waals surface area contributed by atoms with Gasteiger partial charge < -0.3 is 9.30 Å². The highest BCUT2D eigenvalue weighted by Gasteiger charge is 2.16. The van der Waals surface area contributed by atoms with Crippen LogP contribution in [0.15, 0.2) is 12.1 Å². The van der Waals surface area contributed by atoms with Crippen LogP contribution in [0.25, 0.3) is 10.9 Å². The highest BCUT2D eigenvalue weighted by Crippen LogP contribution is 2.36. The van der Waals surface area contributed by atoms with Crippen molar-refractivity contribution >= 4 is 28.8 Å². The number of ether oxygens (including phenoxy) is 1. The number of fused-ring (bicyclic) bond motifs is 1. The molecule has 0 saturated carbocycles. The fraction of sp³-hybridized carbons (Fsp3) is 0.250. The van der Waals surface area contributed by atoms with Crippen molar-refractivity contribution in [3.63, 3.8) is 0 Å². The molecular formula is C12H12ClNO2. The predicted octanol–water partition coefficient (Wildman–Crippen LogP) is 2.96. The first-order chi connectivity index (χ1) is 7.61. The van der Waals surface area contributed by atoms with Gasteiger partial charge in [0.25, 0.3) is 0 Å². The second-order valence-corrected chi connectivity index (χ2v) is 4.03. The van der Waals surface area contributed by atoms with Crippen molar-refractivity contribution in [3.05, 3.63) is 28.4 Å². The van der Waals surface area contributed by atoms with Gasteiger partial charge in [-0.2, -0.15) is 0 Å². The number of carbonyl (C=O) groups is 1. The van der Waals surface area contributed by atoms with Crippen molar-refractivity contribution in [2.24, 2.45) is 7.05 Å². The number of rotatable bonds is 2. The summed E-state index contributed by atoms with van der Waals surface area (Å²) < 4.78 is 7.09. The van der Waals surface area contributed by atoms with Crippen molar-refractivity contribution < 1.29 is 9.53 Å². The Morgan fingerprint density at radius 3 is 2.69 bits per heavy atom. The third-order valence-corrected chi connectivity index (χ3v) is 3.32.